The maximum atomic E-state index is 11.6. The third kappa shape index (κ3) is 3.88. The predicted octanol–water partition coefficient (Wildman–Crippen LogP) is 7.51. The van der Waals surface area contributed by atoms with Gasteiger partial charge in [-0.05, 0) is 85.9 Å². The smallest absolute Gasteiger partial charge is 0.172 e. The fraction of sp³-hybridized carbons (Fsp3) is 0.839. The van der Waals surface area contributed by atoms with Crippen LogP contribution in [-0.4, -0.2) is 24.8 Å². The second kappa shape index (κ2) is 8.30. The van der Waals surface area contributed by atoms with Crippen LogP contribution in [0.1, 0.15) is 99.3 Å². The highest BCUT2D eigenvalue weighted by atomic mass is 16.7. The van der Waals surface area contributed by atoms with Gasteiger partial charge in [0.15, 0.2) is 5.79 Å². The maximum Gasteiger partial charge on any atom is 0.172 e. The van der Waals surface area contributed by atoms with Crippen LogP contribution >= 0.6 is 0 Å². The molecule has 5 rings (SSSR count). The molecule has 1 spiro atoms. The minimum absolute atomic E-state index is 0.107. The van der Waals surface area contributed by atoms with Crippen molar-refractivity contribution in [3.8, 4) is 0 Å². The van der Waals surface area contributed by atoms with Gasteiger partial charge < -0.3 is 14.3 Å². The Morgan fingerprint density at radius 1 is 1.06 bits per heavy atom. The lowest BCUT2D eigenvalue weighted by Gasteiger charge is -2.60. The molecule has 3 nitrogen and oxygen atoms in total. The van der Waals surface area contributed by atoms with E-state index in [4.69, 9.17) is 16.1 Å². The molecular weight excluding hydrogens is 420 g/mol. The Morgan fingerprint density at radius 2 is 1.76 bits per heavy atom. The zero-order chi connectivity index (χ0) is 24.5. The van der Waals surface area contributed by atoms with Crippen LogP contribution in [0.5, 0.6) is 0 Å². The number of carbonyl (C=O) groups excluding carboxylic acids is 1. The first-order valence-corrected chi connectivity index (χ1v) is 14.1. The van der Waals surface area contributed by atoms with Crippen molar-refractivity contribution in [3.05, 3.63) is 23.8 Å². The van der Waals surface area contributed by atoms with E-state index in [0.717, 1.165) is 57.2 Å². The number of ketones is 1. The molecule has 3 saturated carbocycles. The maximum absolute atomic E-state index is 11.6. The summed E-state index contributed by atoms with van der Waals surface area (Å²) in [5, 5.41) is 0. The Morgan fingerprint density at radius 3 is 2.44 bits per heavy atom. The molecule has 0 N–H and O–H groups in total. The third-order valence-electron chi connectivity index (χ3n) is 11.3. The van der Waals surface area contributed by atoms with Gasteiger partial charge in [0, 0.05) is 24.7 Å². The van der Waals surface area contributed by atoms with Gasteiger partial charge in [0.25, 0.3) is 0 Å². The quantitative estimate of drug-likeness (QED) is 0.428. The first-order chi connectivity index (χ1) is 15.9. The van der Waals surface area contributed by atoms with Crippen LogP contribution in [0, 0.1) is 45.8 Å². The van der Waals surface area contributed by atoms with Gasteiger partial charge in [0.1, 0.15) is 5.78 Å². The number of hydrogen-bond acceptors (Lipinski definition) is 3. The van der Waals surface area contributed by atoms with Crippen LogP contribution < -0.4 is 0 Å². The largest absolute Gasteiger partial charge is 0.349 e. The van der Waals surface area contributed by atoms with E-state index < -0.39 is 5.79 Å². The first kappa shape index (κ1) is 24.8. The molecule has 1 saturated heterocycles. The van der Waals surface area contributed by atoms with E-state index in [9.17, 15) is 4.79 Å². The summed E-state index contributed by atoms with van der Waals surface area (Å²) < 4.78 is 12.9. The summed E-state index contributed by atoms with van der Waals surface area (Å²) in [6.07, 6.45) is 12.7. The lowest BCUT2D eigenvalue weighted by atomic mass is 9.46. The molecule has 190 valence electrons. The predicted molar refractivity (Wildman–Crippen MR) is 137 cm³/mol. The molecule has 0 unspecified atom stereocenters. The van der Waals surface area contributed by atoms with Crippen molar-refractivity contribution in [2.24, 2.45) is 45.8 Å². The molecule has 0 radical (unpaired) electrons. The van der Waals surface area contributed by atoms with Crippen molar-refractivity contribution >= 4 is 5.78 Å². The van der Waals surface area contributed by atoms with E-state index in [-0.39, 0.29) is 10.8 Å². The van der Waals surface area contributed by atoms with E-state index in [1.165, 1.54) is 36.8 Å². The fourth-order valence-corrected chi connectivity index (χ4v) is 9.11. The van der Waals surface area contributed by atoms with Gasteiger partial charge in [-0.1, -0.05) is 58.4 Å². The Bertz CT molecular complexity index is 873. The van der Waals surface area contributed by atoms with Crippen LogP contribution in [-0.2, 0) is 14.3 Å². The van der Waals surface area contributed by atoms with Gasteiger partial charge in [-0.15, -0.1) is 0 Å². The molecule has 4 fully saturated rings. The Labute approximate surface area is 208 Å². The molecular formula is C31H48O3. The van der Waals surface area contributed by atoms with Crippen LogP contribution in [0.3, 0.4) is 0 Å². The highest BCUT2D eigenvalue weighted by molar-refractivity contribution is 5.75. The zero-order valence-corrected chi connectivity index (χ0v) is 22.7. The number of ether oxygens (including phenoxy) is 2. The van der Waals surface area contributed by atoms with E-state index >= 15 is 0 Å². The average molecular weight is 469 g/mol. The van der Waals surface area contributed by atoms with Gasteiger partial charge >= 0.3 is 0 Å². The summed E-state index contributed by atoms with van der Waals surface area (Å²) in [7, 11) is 0. The molecule has 0 amide bonds. The number of hydrogen-bond donors (Lipinski definition) is 0. The number of fused-ring (bicyclic) bond motifs is 5. The number of rotatable bonds is 4. The minimum atomic E-state index is -0.415. The molecule has 1 heterocycles. The topological polar surface area (TPSA) is 35.5 Å². The van der Waals surface area contributed by atoms with Crippen molar-refractivity contribution in [1.29, 1.82) is 0 Å². The molecule has 0 aromatic carbocycles. The van der Waals surface area contributed by atoms with Crippen molar-refractivity contribution in [1.82, 2.24) is 0 Å². The van der Waals surface area contributed by atoms with Crippen molar-refractivity contribution < 1.29 is 14.3 Å². The van der Waals surface area contributed by atoms with Crippen molar-refractivity contribution in [2.45, 2.75) is 105 Å². The monoisotopic (exact) mass is 468 g/mol. The van der Waals surface area contributed by atoms with Gasteiger partial charge in [-0.3, -0.25) is 0 Å². The van der Waals surface area contributed by atoms with E-state index in [1.54, 1.807) is 6.92 Å². The summed E-state index contributed by atoms with van der Waals surface area (Å²) in [5.74, 6) is 3.34. The van der Waals surface area contributed by atoms with Gasteiger partial charge in [0.05, 0.1) is 13.2 Å². The molecule has 3 heteroatoms. The second-order valence-corrected chi connectivity index (χ2v) is 14.2. The average Bonchev–Trinajstić information content (AvgIpc) is 3.13. The lowest BCUT2D eigenvalue weighted by molar-refractivity contribution is -0.310. The molecule has 1 aliphatic heterocycles. The lowest BCUT2D eigenvalue weighted by Crippen LogP contribution is -2.56. The zero-order valence-electron chi connectivity index (χ0n) is 22.7. The Kier molecular flexibility index (Phi) is 6.04. The van der Waals surface area contributed by atoms with Gasteiger partial charge in [-0.2, -0.15) is 0 Å². The van der Waals surface area contributed by atoms with Crippen LogP contribution in [0.2, 0.25) is 0 Å². The highest BCUT2D eigenvalue weighted by Gasteiger charge is 2.61. The van der Waals surface area contributed by atoms with Gasteiger partial charge in [0.2, 0.25) is 0 Å². The summed E-state index contributed by atoms with van der Waals surface area (Å²) >= 11 is 0. The van der Waals surface area contributed by atoms with Crippen molar-refractivity contribution in [3.63, 3.8) is 0 Å². The van der Waals surface area contributed by atoms with Gasteiger partial charge in [-0.25, -0.2) is 0 Å². The molecule has 7 atom stereocenters. The number of carbonyl (C=O) groups is 1. The van der Waals surface area contributed by atoms with Crippen LogP contribution in [0.25, 0.3) is 0 Å². The molecule has 5 aliphatic rings. The van der Waals surface area contributed by atoms with E-state index in [1.807, 2.05) is 0 Å². The summed E-state index contributed by atoms with van der Waals surface area (Å²) in [6, 6.07) is 0. The number of allylic oxidation sites excluding steroid dienone is 2. The van der Waals surface area contributed by atoms with Crippen LogP contribution in [0.4, 0.5) is 0 Å². The first-order valence-electron chi connectivity index (χ1n) is 14.1. The van der Waals surface area contributed by atoms with Crippen LogP contribution in [0.15, 0.2) is 23.8 Å². The summed E-state index contributed by atoms with van der Waals surface area (Å²) in [6.45, 7) is 20.0. The molecule has 34 heavy (non-hydrogen) atoms. The SMILES string of the molecule is C=C1C=C2CC3(CC[C@]2(C)[C@H]2CC[C@]4(C)[C@@H]([C@H](C)CCC(C)=O)CC[C@H]4[C@H]12)OCC(C)(C)CO3. The summed E-state index contributed by atoms with van der Waals surface area (Å²) in [5.41, 5.74) is 3.65. The molecule has 0 bridgehead atoms. The minimum Gasteiger partial charge on any atom is -0.349 e. The van der Waals surface area contributed by atoms with E-state index in [0.29, 0.717) is 29.0 Å². The Balaban J connectivity index is 1.37. The van der Waals surface area contributed by atoms with E-state index in [2.05, 4.69) is 40.7 Å². The number of Topliss-reactive ketones (excluding diaryl/α,β-unsaturated/α-hetero) is 1. The fourth-order valence-electron chi connectivity index (χ4n) is 9.11. The normalized spacial score (nSPS) is 43.5. The highest BCUT2D eigenvalue weighted by Crippen LogP contribution is 2.68. The standard InChI is InChI=1S/C31H48O3/c1-20(8-9-22(3)32)24-10-11-25-27-21(2)16-23-17-31(33-18-28(4,5)19-34-31)15-14-29(23,6)26(27)12-13-30(24,25)7/h16,20,24-27H,2,8-15,17-19H2,1,3-7H3/t20-,24-,25+,26+,27+,29+,30-/m1/s1. The third-order valence-corrected chi connectivity index (χ3v) is 11.3. The molecule has 0 aromatic heterocycles. The second-order valence-electron chi connectivity index (χ2n) is 14.2. The summed E-state index contributed by atoms with van der Waals surface area (Å²) in [4.78, 5) is 11.6. The molecule has 4 aliphatic carbocycles. The molecule has 0 aromatic rings. The Hall–Kier alpha value is -0.930. The van der Waals surface area contributed by atoms with Crippen molar-refractivity contribution in [2.75, 3.05) is 13.2 Å².